The maximum atomic E-state index is 13.9. The largest absolute Gasteiger partial charge is 0.354 e. The second-order valence-electron chi connectivity index (χ2n) is 5.30. The van der Waals surface area contributed by atoms with Gasteiger partial charge in [0.05, 0.1) is 0 Å². The van der Waals surface area contributed by atoms with Crippen LogP contribution in [0.2, 0.25) is 0 Å². The van der Waals surface area contributed by atoms with Gasteiger partial charge in [0.2, 0.25) is 5.91 Å². The van der Waals surface area contributed by atoms with Crippen LogP contribution in [0.5, 0.6) is 0 Å². The van der Waals surface area contributed by atoms with Crippen molar-refractivity contribution in [2.45, 2.75) is 19.0 Å². The monoisotopic (exact) mass is 304 g/mol. The average Bonchev–Trinajstić information content (AvgIpc) is 2.99. The van der Waals surface area contributed by atoms with Crippen LogP contribution in [0.25, 0.3) is 0 Å². The highest BCUT2D eigenvalue weighted by Crippen LogP contribution is 2.21. The summed E-state index contributed by atoms with van der Waals surface area (Å²) in [6.45, 7) is 1.26. The van der Waals surface area contributed by atoms with Crippen molar-refractivity contribution >= 4 is 5.91 Å². The third-order valence-corrected chi connectivity index (χ3v) is 3.39. The fraction of sp³-hybridized carbons (Fsp3) is 0.375. The molecule has 5 nitrogen and oxygen atoms in total. The molecule has 0 radical (unpaired) electrons. The van der Waals surface area contributed by atoms with Gasteiger partial charge < -0.3 is 5.32 Å². The van der Waals surface area contributed by atoms with Crippen molar-refractivity contribution in [1.82, 2.24) is 20.0 Å². The number of carbonyl (C=O) groups is 1. The maximum Gasteiger partial charge on any atom is 0.242 e. The molecule has 0 saturated heterocycles. The Labute approximate surface area is 129 Å². The van der Waals surface area contributed by atoms with Gasteiger partial charge in [-0.25, -0.2) is 4.39 Å². The molecule has 1 heterocycles. The molecule has 22 heavy (non-hydrogen) atoms. The van der Waals surface area contributed by atoms with E-state index in [-0.39, 0.29) is 11.7 Å². The Morgan fingerprint density at radius 3 is 2.77 bits per heavy atom. The molecule has 1 atom stereocenters. The summed E-state index contributed by atoms with van der Waals surface area (Å²) < 4.78 is 15.7. The predicted octanol–water partition coefficient (Wildman–Crippen LogP) is 1.83. The van der Waals surface area contributed by atoms with Crippen molar-refractivity contribution in [3.8, 4) is 0 Å². The molecular weight excluding hydrogens is 283 g/mol. The highest BCUT2D eigenvalue weighted by molar-refractivity contribution is 5.83. The van der Waals surface area contributed by atoms with Crippen molar-refractivity contribution in [2.24, 2.45) is 0 Å². The van der Waals surface area contributed by atoms with Gasteiger partial charge in [-0.2, -0.15) is 5.10 Å². The van der Waals surface area contributed by atoms with Crippen molar-refractivity contribution < 1.29 is 9.18 Å². The first-order chi connectivity index (χ1) is 10.6. The number of hydrogen-bond donors (Lipinski definition) is 1. The van der Waals surface area contributed by atoms with Gasteiger partial charge in [-0.1, -0.05) is 18.2 Å². The van der Waals surface area contributed by atoms with Crippen LogP contribution < -0.4 is 5.32 Å². The van der Waals surface area contributed by atoms with Gasteiger partial charge in [0.15, 0.2) is 0 Å². The lowest BCUT2D eigenvalue weighted by Crippen LogP contribution is -2.38. The minimum absolute atomic E-state index is 0.199. The number of rotatable bonds is 7. The molecule has 1 aromatic heterocycles. The number of likely N-dealkylation sites (N-methyl/N-ethyl adjacent to an activating group) is 1. The van der Waals surface area contributed by atoms with Crippen molar-refractivity contribution in [1.29, 1.82) is 0 Å². The molecule has 0 aliphatic carbocycles. The lowest BCUT2D eigenvalue weighted by molar-refractivity contribution is -0.125. The predicted molar refractivity (Wildman–Crippen MR) is 82.7 cm³/mol. The Kier molecular flexibility index (Phi) is 5.66. The summed E-state index contributed by atoms with van der Waals surface area (Å²) in [4.78, 5) is 14.1. The lowest BCUT2D eigenvalue weighted by Gasteiger charge is -2.24. The molecule has 1 N–H and O–H groups in total. The molecule has 1 amide bonds. The van der Waals surface area contributed by atoms with E-state index < -0.39 is 6.04 Å². The molecule has 118 valence electrons. The molecule has 0 aliphatic rings. The number of aromatic nitrogens is 2. The third-order valence-electron chi connectivity index (χ3n) is 3.39. The summed E-state index contributed by atoms with van der Waals surface area (Å²) in [5.74, 6) is -0.566. The number of amides is 1. The highest BCUT2D eigenvalue weighted by atomic mass is 19.1. The molecule has 0 saturated carbocycles. The van der Waals surface area contributed by atoms with Gasteiger partial charge in [-0.3, -0.25) is 14.4 Å². The Balaban J connectivity index is 1.91. The van der Waals surface area contributed by atoms with E-state index in [0.29, 0.717) is 12.1 Å². The second-order valence-corrected chi connectivity index (χ2v) is 5.30. The molecule has 1 aromatic carbocycles. The van der Waals surface area contributed by atoms with E-state index in [4.69, 9.17) is 0 Å². The van der Waals surface area contributed by atoms with E-state index in [9.17, 15) is 9.18 Å². The number of carbonyl (C=O) groups excluding carboxylic acids is 1. The summed E-state index contributed by atoms with van der Waals surface area (Å²) in [7, 11) is 3.53. The normalized spacial score (nSPS) is 12.4. The second kappa shape index (κ2) is 7.70. The number of hydrogen-bond acceptors (Lipinski definition) is 3. The van der Waals surface area contributed by atoms with E-state index in [1.807, 2.05) is 16.9 Å². The maximum absolute atomic E-state index is 13.9. The first-order valence-electron chi connectivity index (χ1n) is 7.25. The number of halogens is 1. The standard InChI is InChI=1S/C16H21FN4O/c1-20(2)15(13-7-3-4-8-14(13)17)16(22)18-9-5-11-21-12-6-10-19-21/h3-4,6-8,10,12,15H,5,9,11H2,1-2H3,(H,18,22). The van der Waals surface area contributed by atoms with Crippen LogP contribution in [-0.4, -0.2) is 41.2 Å². The van der Waals surface area contributed by atoms with E-state index >= 15 is 0 Å². The zero-order chi connectivity index (χ0) is 15.9. The molecule has 0 bridgehead atoms. The smallest absolute Gasteiger partial charge is 0.242 e. The van der Waals surface area contributed by atoms with Crippen LogP contribution in [0.15, 0.2) is 42.7 Å². The van der Waals surface area contributed by atoms with Gasteiger partial charge >= 0.3 is 0 Å². The first kappa shape index (κ1) is 16.2. The number of aryl methyl sites for hydroxylation is 1. The fourth-order valence-electron chi connectivity index (χ4n) is 2.33. The van der Waals surface area contributed by atoms with Gasteiger partial charge in [-0.05, 0) is 32.6 Å². The quantitative estimate of drug-likeness (QED) is 0.794. The summed E-state index contributed by atoms with van der Waals surface area (Å²) in [5, 5.41) is 6.97. The molecule has 6 heteroatoms. The first-order valence-corrected chi connectivity index (χ1v) is 7.25. The summed E-state index contributed by atoms with van der Waals surface area (Å²) in [6.07, 6.45) is 4.37. The SMILES string of the molecule is CN(C)C(C(=O)NCCCn1cccn1)c1ccccc1F. The Morgan fingerprint density at radius 1 is 1.36 bits per heavy atom. The molecule has 0 aliphatic heterocycles. The molecule has 0 spiro atoms. The van der Waals surface area contributed by atoms with Crippen molar-refractivity contribution in [3.05, 3.63) is 54.1 Å². The summed E-state index contributed by atoms with van der Waals surface area (Å²) in [6, 6.07) is 7.60. The van der Waals surface area contributed by atoms with Crippen LogP contribution in [0.3, 0.4) is 0 Å². The highest BCUT2D eigenvalue weighted by Gasteiger charge is 2.25. The van der Waals surface area contributed by atoms with Crippen LogP contribution >= 0.6 is 0 Å². The van der Waals surface area contributed by atoms with Crippen molar-refractivity contribution in [3.63, 3.8) is 0 Å². The molecule has 2 rings (SSSR count). The fourth-order valence-corrected chi connectivity index (χ4v) is 2.33. The van der Waals surface area contributed by atoms with Gasteiger partial charge in [-0.15, -0.1) is 0 Å². The molecular formula is C16H21FN4O. The third kappa shape index (κ3) is 4.14. The number of nitrogens with one attached hydrogen (secondary N) is 1. The minimum atomic E-state index is -0.633. The molecule has 0 fully saturated rings. The number of nitrogens with zero attached hydrogens (tertiary/aromatic N) is 3. The van der Waals surface area contributed by atoms with Crippen LogP contribution in [0.4, 0.5) is 4.39 Å². The zero-order valence-corrected chi connectivity index (χ0v) is 12.9. The van der Waals surface area contributed by atoms with Crippen molar-refractivity contribution in [2.75, 3.05) is 20.6 Å². The average molecular weight is 304 g/mol. The van der Waals surface area contributed by atoms with E-state index in [2.05, 4.69) is 10.4 Å². The van der Waals surface area contributed by atoms with Gasteiger partial charge in [0.1, 0.15) is 11.9 Å². The van der Waals surface area contributed by atoms with E-state index in [1.54, 1.807) is 43.4 Å². The number of benzene rings is 1. The van der Waals surface area contributed by atoms with Gasteiger partial charge in [0, 0.05) is 31.0 Å². The Morgan fingerprint density at radius 2 is 2.14 bits per heavy atom. The molecule has 1 unspecified atom stereocenters. The van der Waals surface area contributed by atoms with Gasteiger partial charge in [0.25, 0.3) is 0 Å². The minimum Gasteiger partial charge on any atom is -0.354 e. The van der Waals surface area contributed by atoms with Crippen LogP contribution in [0, 0.1) is 5.82 Å². The molecule has 2 aromatic rings. The Hall–Kier alpha value is -2.21. The summed E-state index contributed by atoms with van der Waals surface area (Å²) in [5.41, 5.74) is 0.386. The van der Waals surface area contributed by atoms with E-state index in [1.165, 1.54) is 6.07 Å². The topological polar surface area (TPSA) is 50.2 Å². The zero-order valence-electron chi connectivity index (χ0n) is 12.9. The summed E-state index contributed by atoms with van der Waals surface area (Å²) >= 11 is 0. The van der Waals surface area contributed by atoms with Crippen LogP contribution in [-0.2, 0) is 11.3 Å². The Bertz CT molecular complexity index is 598. The van der Waals surface area contributed by atoms with Crippen LogP contribution in [0.1, 0.15) is 18.0 Å². The lowest BCUT2D eigenvalue weighted by atomic mass is 10.0. The van der Waals surface area contributed by atoms with E-state index in [0.717, 1.165) is 13.0 Å².